The maximum Gasteiger partial charge on any atom is 0.325 e. The average Bonchev–Trinajstić information content (AvgIpc) is 2.37. The summed E-state index contributed by atoms with van der Waals surface area (Å²) < 4.78 is 0. The van der Waals surface area contributed by atoms with Gasteiger partial charge in [0.1, 0.15) is 11.6 Å². The molecule has 0 radical (unpaired) electrons. The topological polar surface area (TPSA) is 153 Å². The van der Waals surface area contributed by atoms with E-state index in [0.29, 0.717) is 6.42 Å². The van der Waals surface area contributed by atoms with Crippen LogP contribution in [-0.2, 0) is 9.59 Å². The van der Waals surface area contributed by atoms with Crippen LogP contribution in [-0.4, -0.2) is 50.7 Å². The highest BCUT2D eigenvalue weighted by Crippen LogP contribution is 2.17. The van der Waals surface area contributed by atoms with Crippen molar-refractivity contribution in [3.63, 3.8) is 0 Å². The molecule has 8 heteroatoms. The van der Waals surface area contributed by atoms with Gasteiger partial charge in [-0.15, -0.1) is 0 Å². The number of carboxylic acid groups (broad SMARTS) is 2. The first-order valence-electron chi connectivity index (χ1n) is 5.72. The Bertz CT molecular complexity index is 302. The zero-order valence-electron chi connectivity index (χ0n) is 11.7. The zero-order valence-corrected chi connectivity index (χ0v) is 11.7. The van der Waals surface area contributed by atoms with Gasteiger partial charge in [0.25, 0.3) is 0 Å². The first-order chi connectivity index (χ1) is 8.48. The highest BCUT2D eigenvalue weighted by Gasteiger charge is 2.31. The lowest BCUT2D eigenvalue weighted by atomic mass is 9.86. The summed E-state index contributed by atoms with van der Waals surface area (Å²) in [6, 6.07) is -1.00. The van der Waals surface area contributed by atoms with E-state index >= 15 is 0 Å². The molecular weight excluding hydrogens is 256 g/mol. The number of hydrogen-bond donors (Lipinski definition) is 6. The van der Waals surface area contributed by atoms with Crippen LogP contribution in [0, 0.1) is 5.41 Å². The van der Waals surface area contributed by atoms with Gasteiger partial charge >= 0.3 is 11.9 Å². The van der Waals surface area contributed by atoms with Crippen molar-refractivity contribution < 1.29 is 30.1 Å². The molecule has 0 aromatic heterocycles. The molecule has 0 rings (SSSR count). The van der Waals surface area contributed by atoms with Crippen molar-refractivity contribution in [2.24, 2.45) is 11.1 Å². The summed E-state index contributed by atoms with van der Waals surface area (Å²) in [4.78, 5) is 20.5. The van der Waals surface area contributed by atoms with Crippen molar-refractivity contribution in [1.82, 2.24) is 5.48 Å². The molecule has 2 unspecified atom stereocenters. The molecule has 0 amide bonds. The van der Waals surface area contributed by atoms with Crippen molar-refractivity contribution in [3.05, 3.63) is 0 Å². The van der Waals surface area contributed by atoms with Crippen LogP contribution in [0.5, 0.6) is 0 Å². The second kappa shape index (κ2) is 8.05. The molecule has 0 aliphatic heterocycles. The van der Waals surface area contributed by atoms with Gasteiger partial charge in [0.05, 0.1) is 6.61 Å². The third-order valence-corrected chi connectivity index (χ3v) is 2.94. The third-order valence-electron chi connectivity index (χ3n) is 2.94. The summed E-state index contributed by atoms with van der Waals surface area (Å²) in [5, 5.41) is 33.8. The highest BCUT2D eigenvalue weighted by molar-refractivity contribution is 5.77. The molecule has 0 saturated carbocycles. The normalized spacial score (nSPS) is 15.7. The Morgan fingerprint density at radius 3 is 1.74 bits per heavy atom. The van der Waals surface area contributed by atoms with Crippen molar-refractivity contribution >= 4 is 11.9 Å². The van der Waals surface area contributed by atoms with Crippen molar-refractivity contribution in [2.45, 2.75) is 45.7 Å². The molecule has 0 aromatic rings. The molecule has 0 heterocycles. The quantitative estimate of drug-likeness (QED) is 0.360. The lowest BCUT2D eigenvalue weighted by molar-refractivity contribution is -0.149. The fourth-order valence-corrected chi connectivity index (χ4v) is 0.711. The summed E-state index contributed by atoms with van der Waals surface area (Å²) in [6.45, 7) is 6.07. The predicted octanol–water partition coefficient (Wildman–Crippen LogP) is -0.365. The molecule has 0 fully saturated rings. The Hall–Kier alpha value is -1.22. The minimum Gasteiger partial charge on any atom is -0.480 e. The van der Waals surface area contributed by atoms with E-state index in [9.17, 15) is 9.59 Å². The largest absolute Gasteiger partial charge is 0.480 e. The number of hydrogen-bond acceptors (Lipinski definition) is 6. The first kappa shape index (κ1) is 20.1. The van der Waals surface area contributed by atoms with E-state index in [2.05, 4.69) is 0 Å². The van der Waals surface area contributed by atoms with Gasteiger partial charge in [-0.25, -0.2) is 0 Å². The molecule has 0 aliphatic carbocycles. The highest BCUT2D eigenvalue weighted by atomic mass is 16.5. The SMILES string of the molecule is CC(C)(CO)C(N)C(=O)O.CCC(C)(NO)C(=O)O. The molecule has 114 valence electrons. The standard InChI is InChI=1S/C6H13NO3.C5H11NO3/c1-6(2,3-8)4(7)5(9)10;1-3-5(2,6-9)4(7)8/h4,8H,3,7H2,1-2H3,(H,9,10);6,9H,3H2,1-2H3,(H,7,8). The zero-order chi connectivity index (χ0) is 15.9. The molecule has 8 nitrogen and oxygen atoms in total. The van der Waals surface area contributed by atoms with Gasteiger partial charge in [-0.05, 0) is 13.3 Å². The van der Waals surface area contributed by atoms with Gasteiger partial charge in [0.15, 0.2) is 0 Å². The van der Waals surface area contributed by atoms with Crippen LogP contribution >= 0.6 is 0 Å². The summed E-state index contributed by atoms with van der Waals surface area (Å²) in [6.07, 6.45) is 0.346. The Labute approximate surface area is 112 Å². The van der Waals surface area contributed by atoms with Crippen LogP contribution in [0.3, 0.4) is 0 Å². The van der Waals surface area contributed by atoms with Crippen LogP contribution < -0.4 is 11.2 Å². The summed E-state index contributed by atoms with van der Waals surface area (Å²) in [7, 11) is 0. The van der Waals surface area contributed by atoms with Crippen LogP contribution in [0.15, 0.2) is 0 Å². The molecule has 0 aliphatic rings. The van der Waals surface area contributed by atoms with Gasteiger partial charge in [0.2, 0.25) is 0 Å². The summed E-state index contributed by atoms with van der Waals surface area (Å²) >= 11 is 0. The molecule has 7 N–H and O–H groups in total. The van der Waals surface area contributed by atoms with Gasteiger partial charge < -0.3 is 26.3 Å². The Kier molecular flexibility index (Phi) is 8.52. The van der Waals surface area contributed by atoms with E-state index in [-0.39, 0.29) is 6.61 Å². The van der Waals surface area contributed by atoms with Crippen molar-refractivity contribution in [2.75, 3.05) is 6.61 Å². The number of aliphatic carboxylic acids is 2. The second-order valence-electron chi connectivity index (χ2n) is 5.07. The van der Waals surface area contributed by atoms with E-state index in [1.54, 1.807) is 26.3 Å². The van der Waals surface area contributed by atoms with E-state index in [1.165, 1.54) is 6.92 Å². The first-order valence-corrected chi connectivity index (χ1v) is 5.72. The molecule has 0 spiro atoms. The third kappa shape index (κ3) is 6.48. The van der Waals surface area contributed by atoms with E-state index in [4.69, 9.17) is 26.3 Å². The molecule has 0 bridgehead atoms. The smallest absolute Gasteiger partial charge is 0.325 e. The molecule has 0 saturated heterocycles. The molecule has 2 atom stereocenters. The maximum absolute atomic E-state index is 10.3. The van der Waals surface area contributed by atoms with Crippen LogP contribution in [0.4, 0.5) is 0 Å². The number of nitrogens with two attached hydrogens (primary N) is 1. The lowest BCUT2D eigenvalue weighted by Gasteiger charge is -2.25. The Morgan fingerprint density at radius 1 is 1.26 bits per heavy atom. The van der Waals surface area contributed by atoms with Gasteiger partial charge in [-0.1, -0.05) is 20.8 Å². The average molecular weight is 280 g/mol. The minimum absolute atomic E-state index is 0.222. The van der Waals surface area contributed by atoms with Crippen LogP contribution in [0.25, 0.3) is 0 Å². The van der Waals surface area contributed by atoms with Crippen molar-refractivity contribution in [3.8, 4) is 0 Å². The molecule has 0 aromatic carbocycles. The number of carbonyl (C=O) groups is 2. The van der Waals surface area contributed by atoms with E-state index in [0.717, 1.165) is 0 Å². The minimum atomic E-state index is -1.19. The monoisotopic (exact) mass is 280 g/mol. The molecule has 19 heavy (non-hydrogen) atoms. The van der Waals surface area contributed by atoms with Crippen molar-refractivity contribution in [1.29, 1.82) is 0 Å². The number of carboxylic acids is 2. The molecular formula is C11H24N2O6. The van der Waals surface area contributed by atoms with Crippen LogP contribution in [0.1, 0.15) is 34.1 Å². The number of aliphatic hydroxyl groups excluding tert-OH is 1. The van der Waals surface area contributed by atoms with E-state index < -0.39 is 28.9 Å². The second-order valence-corrected chi connectivity index (χ2v) is 5.07. The van der Waals surface area contributed by atoms with Crippen LogP contribution in [0.2, 0.25) is 0 Å². The number of rotatable bonds is 6. The summed E-state index contributed by atoms with van der Waals surface area (Å²) in [5.41, 5.74) is 5.03. The Balaban J connectivity index is 0. The fourth-order valence-electron chi connectivity index (χ4n) is 0.711. The van der Waals surface area contributed by atoms with Gasteiger partial charge in [0, 0.05) is 5.41 Å². The predicted molar refractivity (Wildman–Crippen MR) is 67.7 cm³/mol. The Morgan fingerprint density at radius 2 is 1.68 bits per heavy atom. The fraction of sp³-hybridized carbons (Fsp3) is 0.818. The summed E-state index contributed by atoms with van der Waals surface area (Å²) in [5.74, 6) is -2.13. The van der Waals surface area contributed by atoms with Gasteiger partial charge in [-0.2, -0.15) is 5.48 Å². The number of nitrogens with one attached hydrogen (secondary N) is 1. The number of hydroxylamine groups is 1. The van der Waals surface area contributed by atoms with E-state index in [1.807, 2.05) is 0 Å². The number of aliphatic hydroxyl groups is 1. The lowest BCUT2D eigenvalue weighted by Crippen LogP contribution is -2.47. The maximum atomic E-state index is 10.3. The van der Waals surface area contributed by atoms with Gasteiger partial charge in [-0.3, -0.25) is 9.59 Å².